The predicted octanol–water partition coefficient (Wildman–Crippen LogP) is 5.58. The third kappa shape index (κ3) is 6.21. The zero-order chi connectivity index (χ0) is 15.7. The lowest BCUT2D eigenvalue weighted by Crippen LogP contribution is -2.33. The summed E-state index contributed by atoms with van der Waals surface area (Å²) in [4.78, 5) is 14.8. The van der Waals surface area contributed by atoms with Gasteiger partial charge >= 0.3 is 0 Å². The number of rotatable bonds is 9. The Hall–Kier alpha value is -0.830. The molecule has 1 aromatic rings. The van der Waals surface area contributed by atoms with Crippen molar-refractivity contribution in [3.8, 4) is 0 Å². The van der Waals surface area contributed by atoms with Gasteiger partial charge in [-0.15, -0.1) is 0 Å². The highest BCUT2D eigenvalue weighted by Crippen LogP contribution is 2.20. The number of hydrogen-bond acceptors (Lipinski definition) is 1. The predicted molar refractivity (Wildman–Crippen MR) is 93.8 cm³/mol. The Morgan fingerprint density at radius 2 is 1.62 bits per heavy atom. The highest BCUT2D eigenvalue weighted by molar-refractivity contribution is 9.10. The molecule has 0 saturated heterocycles. The lowest BCUT2D eigenvalue weighted by Gasteiger charge is -2.23. The molecule has 21 heavy (non-hydrogen) atoms. The molecule has 0 aliphatic carbocycles. The zero-order valence-corrected chi connectivity index (χ0v) is 15.2. The molecule has 0 spiro atoms. The largest absolute Gasteiger partial charge is 0.339 e. The van der Waals surface area contributed by atoms with Crippen molar-refractivity contribution in [1.29, 1.82) is 0 Å². The van der Waals surface area contributed by atoms with Crippen LogP contribution in [-0.2, 0) is 0 Å². The summed E-state index contributed by atoms with van der Waals surface area (Å²) in [5.41, 5.74) is 1.95. The molecule has 118 valence electrons. The second-order valence-electron chi connectivity index (χ2n) is 5.69. The fraction of sp³-hybridized carbons (Fsp3) is 0.611. The van der Waals surface area contributed by atoms with E-state index in [1.54, 1.807) is 0 Å². The first-order valence-corrected chi connectivity index (χ1v) is 8.94. The molecular formula is C18H28BrNO. The molecule has 0 N–H and O–H groups in total. The lowest BCUT2D eigenvalue weighted by atomic mass is 10.1. The molecule has 0 saturated carbocycles. The summed E-state index contributed by atoms with van der Waals surface area (Å²) in [6.07, 6.45) is 6.94. The van der Waals surface area contributed by atoms with Crippen LogP contribution in [0.25, 0.3) is 0 Å². The van der Waals surface area contributed by atoms with E-state index in [-0.39, 0.29) is 5.91 Å². The van der Waals surface area contributed by atoms with Crippen LogP contribution in [0.4, 0.5) is 0 Å². The monoisotopic (exact) mass is 353 g/mol. The standard InChI is InChI=1S/C18H28BrNO/c1-4-6-8-12-20(13-9-7-5-2)18(21)16-11-10-15(3)14-17(16)19/h10-11,14H,4-9,12-13H2,1-3H3. The maximum atomic E-state index is 12.8. The molecule has 0 radical (unpaired) electrons. The number of nitrogens with zero attached hydrogens (tertiary/aromatic N) is 1. The zero-order valence-electron chi connectivity index (χ0n) is 13.6. The second kappa shape index (κ2) is 9.99. The molecular weight excluding hydrogens is 326 g/mol. The highest BCUT2D eigenvalue weighted by atomic mass is 79.9. The Balaban J connectivity index is 2.76. The summed E-state index contributed by atoms with van der Waals surface area (Å²) >= 11 is 3.53. The average molecular weight is 354 g/mol. The quantitative estimate of drug-likeness (QED) is 0.530. The Kier molecular flexibility index (Phi) is 8.67. The van der Waals surface area contributed by atoms with E-state index in [1.807, 2.05) is 30.0 Å². The minimum Gasteiger partial charge on any atom is -0.339 e. The summed E-state index contributed by atoms with van der Waals surface area (Å²) in [5, 5.41) is 0. The van der Waals surface area contributed by atoms with Crippen LogP contribution in [0.2, 0.25) is 0 Å². The Morgan fingerprint density at radius 3 is 2.10 bits per heavy atom. The molecule has 0 unspecified atom stereocenters. The summed E-state index contributed by atoms with van der Waals surface area (Å²) in [5.74, 6) is 0.161. The molecule has 2 nitrogen and oxygen atoms in total. The summed E-state index contributed by atoms with van der Waals surface area (Å²) < 4.78 is 0.906. The number of aryl methyl sites for hydroxylation is 1. The fourth-order valence-corrected chi connectivity index (χ4v) is 3.05. The molecule has 0 aliphatic heterocycles. The van der Waals surface area contributed by atoms with Crippen LogP contribution in [0.1, 0.15) is 68.3 Å². The second-order valence-corrected chi connectivity index (χ2v) is 6.54. The van der Waals surface area contributed by atoms with Gasteiger partial charge in [-0.25, -0.2) is 0 Å². The Morgan fingerprint density at radius 1 is 1.05 bits per heavy atom. The number of amides is 1. The number of carbonyl (C=O) groups excluding carboxylic acids is 1. The van der Waals surface area contributed by atoms with E-state index in [0.717, 1.165) is 36.0 Å². The van der Waals surface area contributed by atoms with E-state index in [1.165, 1.54) is 31.2 Å². The third-order valence-corrected chi connectivity index (χ3v) is 4.36. The molecule has 0 bridgehead atoms. The van der Waals surface area contributed by atoms with Crippen LogP contribution >= 0.6 is 15.9 Å². The van der Waals surface area contributed by atoms with E-state index >= 15 is 0 Å². The summed E-state index contributed by atoms with van der Waals surface area (Å²) in [7, 11) is 0. The van der Waals surface area contributed by atoms with Gasteiger partial charge < -0.3 is 4.90 Å². The van der Waals surface area contributed by atoms with Gasteiger partial charge in [0.2, 0.25) is 0 Å². The van der Waals surface area contributed by atoms with Gasteiger partial charge in [0.1, 0.15) is 0 Å². The van der Waals surface area contributed by atoms with Crippen molar-refractivity contribution < 1.29 is 4.79 Å². The first kappa shape index (κ1) is 18.2. The molecule has 0 heterocycles. The van der Waals surface area contributed by atoms with Gasteiger partial charge in [0, 0.05) is 17.6 Å². The minimum atomic E-state index is 0.161. The van der Waals surface area contributed by atoms with Crippen LogP contribution in [0.5, 0.6) is 0 Å². The lowest BCUT2D eigenvalue weighted by molar-refractivity contribution is 0.0748. The maximum absolute atomic E-state index is 12.8. The molecule has 0 aliphatic rings. The van der Waals surface area contributed by atoms with E-state index in [2.05, 4.69) is 29.8 Å². The third-order valence-electron chi connectivity index (χ3n) is 3.71. The van der Waals surface area contributed by atoms with E-state index in [9.17, 15) is 4.79 Å². The maximum Gasteiger partial charge on any atom is 0.254 e. The van der Waals surface area contributed by atoms with Crippen molar-refractivity contribution in [1.82, 2.24) is 4.90 Å². The number of hydrogen-bond donors (Lipinski definition) is 0. The van der Waals surface area contributed by atoms with Crippen LogP contribution in [0, 0.1) is 6.92 Å². The first-order chi connectivity index (χ1) is 10.1. The van der Waals surface area contributed by atoms with Crippen molar-refractivity contribution in [3.63, 3.8) is 0 Å². The van der Waals surface area contributed by atoms with Crippen molar-refractivity contribution in [2.24, 2.45) is 0 Å². The number of unbranched alkanes of at least 4 members (excludes halogenated alkanes) is 4. The molecule has 1 amide bonds. The van der Waals surface area contributed by atoms with Gasteiger partial charge in [-0.1, -0.05) is 45.6 Å². The number of benzene rings is 1. The first-order valence-electron chi connectivity index (χ1n) is 8.15. The normalized spacial score (nSPS) is 10.7. The van der Waals surface area contributed by atoms with E-state index in [0.29, 0.717) is 0 Å². The van der Waals surface area contributed by atoms with Gasteiger partial charge in [0.05, 0.1) is 5.56 Å². The molecule has 0 aromatic heterocycles. The van der Waals surface area contributed by atoms with Gasteiger partial charge in [-0.2, -0.15) is 0 Å². The highest BCUT2D eigenvalue weighted by Gasteiger charge is 2.17. The average Bonchev–Trinajstić information content (AvgIpc) is 2.45. The summed E-state index contributed by atoms with van der Waals surface area (Å²) in [6, 6.07) is 5.96. The summed E-state index contributed by atoms with van der Waals surface area (Å²) in [6.45, 7) is 8.17. The molecule has 3 heteroatoms. The Labute approximate surface area is 138 Å². The SMILES string of the molecule is CCCCCN(CCCCC)C(=O)c1ccc(C)cc1Br. The van der Waals surface area contributed by atoms with E-state index in [4.69, 9.17) is 0 Å². The van der Waals surface area contributed by atoms with Gasteiger partial charge in [0.15, 0.2) is 0 Å². The Bertz CT molecular complexity index is 435. The van der Waals surface area contributed by atoms with Crippen LogP contribution < -0.4 is 0 Å². The van der Waals surface area contributed by atoms with E-state index < -0.39 is 0 Å². The van der Waals surface area contributed by atoms with Crippen molar-refractivity contribution in [2.75, 3.05) is 13.1 Å². The van der Waals surface area contributed by atoms with Crippen LogP contribution in [-0.4, -0.2) is 23.9 Å². The topological polar surface area (TPSA) is 20.3 Å². The number of carbonyl (C=O) groups is 1. The van der Waals surface area contributed by atoms with Crippen LogP contribution in [0.15, 0.2) is 22.7 Å². The molecule has 0 atom stereocenters. The minimum absolute atomic E-state index is 0.161. The fourth-order valence-electron chi connectivity index (χ4n) is 2.38. The van der Waals surface area contributed by atoms with Gasteiger partial charge in [-0.05, 0) is 53.4 Å². The van der Waals surface area contributed by atoms with Crippen LogP contribution in [0.3, 0.4) is 0 Å². The number of halogens is 1. The van der Waals surface area contributed by atoms with Crippen molar-refractivity contribution in [2.45, 2.75) is 59.3 Å². The van der Waals surface area contributed by atoms with Crippen molar-refractivity contribution in [3.05, 3.63) is 33.8 Å². The van der Waals surface area contributed by atoms with Crippen molar-refractivity contribution >= 4 is 21.8 Å². The molecule has 1 aromatic carbocycles. The smallest absolute Gasteiger partial charge is 0.254 e. The molecule has 1 rings (SSSR count). The van der Waals surface area contributed by atoms with Gasteiger partial charge in [0.25, 0.3) is 5.91 Å². The van der Waals surface area contributed by atoms with Gasteiger partial charge in [-0.3, -0.25) is 4.79 Å². The molecule has 0 fully saturated rings.